The first-order valence-electron chi connectivity index (χ1n) is 4.33. The zero-order chi connectivity index (χ0) is 7.35. The highest BCUT2D eigenvalue weighted by Crippen LogP contribution is 2.69. The molecule has 4 atom stereocenters. The second kappa shape index (κ2) is 1.76. The summed E-state index contributed by atoms with van der Waals surface area (Å²) in [5.41, 5.74) is 0.388. The van der Waals surface area contributed by atoms with Gasteiger partial charge in [-0.3, -0.25) is 0 Å². The smallest absolute Gasteiger partial charge is 0.0492 e. The van der Waals surface area contributed by atoms with E-state index in [2.05, 4.69) is 13.8 Å². The van der Waals surface area contributed by atoms with Crippen molar-refractivity contribution in [2.24, 2.45) is 23.2 Å². The Morgan fingerprint density at radius 2 is 2.20 bits per heavy atom. The van der Waals surface area contributed by atoms with Crippen LogP contribution in [-0.2, 0) is 0 Å². The Kier molecular flexibility index (Phi) is 1.17. The highest BCUT2D eigenvalue weighted by atomic mass is 16.3. The lowest BCUT2D eigenvalue weighted by atomic mass is 10.0. The Morgan fingerprint density at radius 1 is 1.50 bits per heavy atom. The van der Waals surface area contributed by atoms with Crippen molar-refractivity contribution in [3.63, 3.8) is 0 Å². The molecule has 0 aromatic heterocycles. The van der Waals surface area contributed by atoms with Crippen LogP contribution in [0.1, 0.15) is 26.7 Å². The van der Waals surface area contributed by atoms with Crippen molar-refractivity contribution in [2.45, 2.75) is 26.7 Å². The van der Waals surface area contributed by atoms with Gasteiger partial charge in [-0.1, -0.05) is 13.8 Å². The third kappa shape index (κ3) is 0.531. The standard InChI is InChI=1S/C9H16O/c1-6-3-4-9(5-10)7(2)8(6)9/h6-8,10H,3-5H2,1-2H3/t6-,7?,8?,9?/m1/s1. The van der Waals surface area contributed by atoms with Gasteiger partial charge in [0.15, 0.2) is 0 Å². The predicted molar refractivity (Wildman–Crippen MR) is 40.6 cm³/mol. The van der Waals surface area contributed by atoms with Crippen LogP contribution in [0.25, 0.3) is 0 Å². The highest BCUT2D eigenvalue weighted by molar-refractivity contribution is 5.13. The molecule has 0 bridgehead atoms. The molecule has 0 aliphatic heterocycles. The van der Waals surface area contributed by atoms with Crippen LogP contribution in [0.3, 0.4) is 0 Å². The van der Waals surface area contributed by atoms with E-state index >= 15 is 0 Å². The SMILES string of the molecule is CC1C2[C@H](C)CCC12CO. The van der Waals surface area contributed by atoms with Gasteiger partial charge in [-0.2, -0.15) is 0 Å². The molecule has 1 nitrogen and oxygen atoms in total. The molecule has 10 heavy (non-hydrogen) atoms. The Balaban J connectivity index is 2.15. The molecule has 1 N–H and O–H groups in total. The average Bonchev–Trinajstić information content (AvgIpc) is 2.33. The van der Waals surface area contributed by atoms with Gasteiger partial charge in [-0.05, 0) is 36.0 Å². The Labute approximate surface area is 62.4 Å². The first kappa shape index (κ1) is 6.66. The van der Waals surface area contributed by atoms with E-state index in [1.54, 1.807) is 0 Å². The van der Waals surface area contributed by atoms with Crippen molar-refractivity contribution in [2.75, 3.05) is 6.61 Å². The predicted octanol–water partition coefficient (Wildman–Crippen LogP) is 1.66. The van der Waals surface area contributed by atoms with Gasteiger partial charge in [0, 0.05) is 6.61 Å². The molecule has 2 saturated carbocycles. The van der Waals surface area contributed by atoms with Crippen LogP contribution < -0.4 is 0 Å². The third-order valence-corrected chi connectivity index (χ3v) is 3.97. The van der Waals surface area contributed by atoms with Crippen LogP contribution in [0.5, 0.6) is 0 Å². The maximum Gasteiger partial charge on any atom is 0.0492 e. The molecule has 2 aliphatic rings. The topological polar surface area (TPSA) is 20.2 Å². The third-order valence-electron chi connectivity index (χ3n) is 3.97. The van der Waals surface area contributed by atoms with Gasteiger partial charge < -0.3 is 5.11 Å². The number of hydrogen-bond donors (Lipinski definition) is 1. The Hall–Kier alpha value is -0.0400. The first-order chi connectivity index (χ1) is 4.72. The maximum absolute atomic E-state index is 9.16. The van der Waals surface area contributed by atoms with Crippen LogP contribution in [0.4, 0.5) is 0 Å². The fourth-order valence-electron chi connectivity index (χ4n) is 3.20. The number of hydrogen-bond acceptors (Lipinski definition) is 1. The maximum atomic E-state index is 9.16. The molecule has 2 fully saturated rings. The molecular weight excluding hydrogens is 124 g/mol. The molecule has 0 saturated heterocycles. The zero-order valence-electron chi connectivity index (χ0n) is 6.80. The van der Waals surface area contributed by atoms with Crippen LogP contribution in [0.2, 0.25) is 0 Å². The van der Waals surface area contributed by atoms with Gasteiger partial charge in [0.1, 0.15) is 0 Å². The summed E-state index contributed by atoms with van der Waals surface area (Å²) in [5.74, 6) is 2.54. The lowest BCUT2D eigenvalue weighted by molar-refractivity contribution is 0.195. The Bertz CT molecular complexity index is 155. The lowest BCUT2D eigenvalue weighted by Gasteiger charge is -2.07. The summed E-state index contributed by atoms with van der Waals surface area (Å²) < 4.78 is 0. The van der Waals surface area contributed by atoms with Crippen LogP contribution in [0.15, 0.2) is 0 Å². The molecule has 3 unspecified atom stereocenters. The Morgan fingerprint density at radius 3 is 2.50 bits per heavy atom. The van der Waals surface area contributed by atoms with E-state index in [9.17, 15) is 0 Å². The highest BCUT2D eigenvalue weighted by Gasteiger charge is 2.66. The summed E-state index contributed by atoms with van der Waals surface area (Å²) in [6, 6.07) is 0. The number of aliphatic hydroxyl groups is 1. The van der Waals surface area contributed by atoms with Gasteiger partial charge in [0.2, 0.25) is 0 Å². The van der Waals surface area contributed by atoms with Crippen LogP contribution in [-0.4, -0.2) is 11.7 Å². The normalized spacial score (nSPS) is 58.5. The van der Waals surface area contributed by atoms with Crippen molar-refractivity contribution in [1.29, 1.82) is 0 Å². The molecule has 58 valence electrons. The van der Waals surface area contributed by atoms with Gasteiger partial charge >= 0.3 is 0 Å². The second-order valence-corrected chi connectivity index (χ2v) is 4.22. The minimum absolute atomic E-state index is 0.388. The van der Waals surface area contributed by atoms with E-state index < -0.39 is 0 Å². The summed E-state index contributed by atoms with van der Waals surface area (Å²) in [5, 5.41) is 9.16. The monoisotopic (exact) mass is 140 g/mol. The van der Waals surface area contributed by atoms with E-state index in [-0.39, 0.29) is 0 Å². The molecular formula is C9H16O. The van der Waals surface area contributed by atoms with Crippen molar-refractivity contribution >= 4 is 0 Å². The number of rotatable bonds is 1. The molecule has 2 rings (SSSR count). The molecule has 2 aliphatic carbocycles. The van der Waals surface area contributed by atoms with Crippen molar-refractivity contribution < 1.29 is 5.11 Å². The van der Waals surface area contributed by atoms with Crippen molar-refractivity contribution in [1.82, 2.24) is 0 Å². The molecule has 0 radical (unpaired) electrons. The first-order valence-corrected chi connectivity index (χ1v) is 4.33. The van der Waals surface area contributed by atoms with Gasteiger partial charge in [-0.15, -0.1) is 0 Å². The summed E-state index contributed by atoms with van der Waals surface area (Å²) in [6.45, 7) is 5.05. The van der Waals surface area contributed by atoms with E-state index in [1.807, 2.05) is 0 Å². The summed E-state index contributed by atoms with van der Waals surface area (Å²) in [6.07, 6.45) is 2.62. The van der Waals surface area contributed by atoms with Crippen LogP contribution >= 0.6 is 0 Å². The second-order valence-electron chi connectivity index (χ2n) is 4.22. The van der Waals surface area contributed by atoms with E-state index in [4.69, 9.17) is 5.11 Å². The minimum Gasteiger partial charge on any atom is -0.396 e. The summed E-state index contributed by atoms with van der Waals surface area (Å²) in [7, 11) is 0. The fourth-order valence-corrected chi connectivity index (χ4v) is 3.20. The molecule has 0 aromatic carbocycles. The molecule has 0 amide bonds. The largest absolute Gasteiger partial charge is 0.396 e. The van der Waals surface area contributed by atoms with Gasteiger partial charge in [-0.25, -0.2) is 0 Å². The van der Waals surface area contributed by atoms with Crippen molar-refractivity contribution in [3.05, 3.63) is 0 Å². The van der Waals surface area contributed by atoms with E-state index in [0.717, 1.165) is 17.8 Å². The van der Waals surface area contributed by atoms with Crippen LogP contribution in [0, 0.1) is 23.2 Å². The number of fused-ring (bicyclic) bond motifs is 1. The van der Waals surface area contributed by atoms with E-state index in [0.29, 0.717) is 12.0 Å². The average molecular weight is 140 g/mol. The number of aliphatic hydroxyl groups excluding tert-OH is 1. The summed E-state index contributed by atoms with van der Waals surface area (Å²) in [4.78, 5) is 0. The molecule has 0 heterocycles. The minimum atomic E-state index is 0.388. The molecule has 0 aromatic rings. The zero-order valence-corrected chi connectivity index (χ0v) is 6.80. The van der Waals surface area contributed by atoms with E-state index in [1.165, 1.54) is 12.8 Å². The molecule has 1 heteroatoms. The fraction of sp³-hybridized carbons (Fsp3) is 1.00. The lowest BCUT2D eigenvalue weighted by Crippen LogP contribution is -2.06. The molecule has 0 spiro atoms. The van der Waals surface area contributed by atoms with Crippen molar-refractivity contribution in [3.8, 4) is 0 Å². The van der Waals surface area contributed by atoms with Gasteiger partial charge in [0.25, 0.3) is 0 Å². The summed E-state index contributed by atoms with van der Waals surface area (Å²) >= 11 is 0. The quantitative estimate of drug-likeness (QED) is 0.587. The van der Waals surface area contributed by atoms with Gasteiger partial charge in [0.05, 0.1) is 0 Å².